The fourth-order valence-electron chi connectivity index (χ4n) is 4.61. The van der Waals surface area contributed by atoms with Gasteiger partial charge in [-0.05, 0) is 37.5 Å². The van der Waals surface area contributed by atoms with Gasteiger partial charge in [0, 0.05) is 35.2 Å². The summed E-state index contributed by atoms with van der Waals surface area (Å²) in [5.41, 5.74) is 1.54. The minimum Gasteiger partial charge on any atom is -0.342 e. The first-order valence-electron chi connectivity index (χ1n) is 10.5. The second-order valence-corrected chi connectivity index (χ2v) is 11.8. The molecule has 30 heavy (non-hydrogen) atoms. The number of nitrogens with zero attached hydrogens (tertiary/aromatic N) is 3. The molecule has 6 nitrogen and oxygen atoms in total. The summed E-state index contributed by atoms with van der Waals surface area (Å²) < 4.78 is 0. The van der Waals surface area contributed by atoms with Crippen molar-refractivity contribution in [3.05, 3.63) is 26.7 Å². The van der Waals surface area contributed by atoms with E-state index in [0.717, 1.165) is 41.5 Å². The molecule has 162 valence electrons. The first-order valence-corrected chi connectivity index (χ1v) is 12.2. The maximum Gasteiger partial charge on any atom is 0.276 e. The van der Waals surface area contributed by atoms with Crippen LogP contribution >= 0.6 is 22.7 Å². The number of piperidine rings is 1. The van der Waals surface area contributed by atoms with E-state index in [2.05, 4.69) is 43.0 Å². The van der Waals surface area contributed by atoms with Crippen molar-refractivity contribution in [1.29, 1.82) is 0 Å². The molecule has 3 heterocycles. The minimum atomic E-state index is -0.211. The molecule has 2 amide bonds. The first kappa shape index (κ1) is 21.4. The monoisotopic (exact) mass is 446 g/mol. The lowest BCUT2D eigenvalue weighted by Gasteiger charge is -2.31. The van der Waals surface area contributed by atoms with Crippen molar-refractivity contribution in [2.24, 2.45) is 16.7 Å². The highest BCUT2D eigenvalue weighted by Gasteiger charge is 2.68. The van der Waals surface area contributed by atoms with Crippen LogP contribution in [0.5, 0.6) is 0 Å². The summed E-state index contributed by atoms with van der Waals surface area (Å²) in [4.78, 5) is 37.6. The SMILES string of the molecule is Cc1nc(NC(=O)c2csc(C3CCN(C(=O)C4C(C)(C)C4(C)C)CC3)n2)sc1C. The lowest BCUT2D eigenvalue weighted by atomic mass is 9.96. The largest absolute Gasteiger partial charge is 0.342 e. The number of carbonyl (C=O) groups excluding carboxylic acids is 2. The molecule has 8 heteroatoms. The third-order valence-electron chi connectivity index (χ3n) is 7.43. The number of aromatic nitrogens is 2. The van der Waals surface area contributed by atoms with Gasteiger partial charge in [0.2, 0.25) is 5.91 Å². The van der Waals surface area contributed by atoms with E-state index in [1.54, 1.807) is 0 Å². The van der Waals surface area contributed by atoms with E-state index in [0.29, 0.717) is 22.7 Å². The number of nitrogens with one attached hydrogen (secondary N) is 1. The quantitative estimate of drug-likeness (QED) is 0.728. The zero-order valence-corrected chi connectivity index (χ0v) is 20.2. The normalized spacial score (nSPS) is 20.9. The molecule has 0 aromatic carbocycles. The van der Waals surface area contributed by atoms with Crippen molar-refractivity contribution in [1.82, 2.24) is 14.9 Å². The zero-order valence-electron chi connectivity index (χ0n) is 18.5. The molecule has 1 aliphatic heterocycles. The third kappa shape index (κ3) is 3.58. The van der Waals surface area contributed by atoms with Crippen LogP contribution in [0.25, 0.3) is 0 Å². The number of likely N-dealkylation sites (tertiary alicyclic amines) is 1. The Morgan fingerprint density at radius 2 is 1.73 bits per heavy atom. The summed E-state index contributed by atoms with van der Waals surface area (Å²) >= 11 is 3.02. The van der Waals surface area contributed by atoms with Gasteiger partial charge >= 0.3 is 0 Å². The van der Waals surface area contributed by atoms with E-state index < -0.39 is 0 Å². The highest BCUT2D eigenvalue weighted by atomic mass is 32.1. The first-order chi connectivity index (χ1) is 14.0. The van der Waals surface area contributed by atoms with Crippen molar-refractivity contribution in [3.8, 4) is 0 Å². The van der Waals surface area contributed by atoms with E-state index in [-0.39, 0.29) is 22.7 Å². The number of rotatable bonds is 4. The fourth-order valence-corrected chi connectivity index (χ4v) is 6.39. The van der Waals surface area contributed by atoms with Crippen molar-refractivity contribution in [2.45, 2.75) is 60.3 Å². The molecule has 1 saturated carbocycles. The minimum absolute atomic E-state index is 0.0764. The highest BCUT2D eigenvalue weighted by molar-refractivity contribution is 7.15. The number of hydrogen-bond donors (Lipinski definition) is 1. The second kappa shape index (κ2) is 7.41. The highest BCUT2D eigenvalue weighted by Crippen LogP contribution is 2.68. The summed E-state index contributed by atoms with van der Waals surface area (Å²) in [6, 6.07) is 0. The Morgan fingerprint density at radius 1 is 1.10 bits per heavy atom. The van der Waals surface area contributed by atoms with Crippen LogP contribution in [0.15, 0.2) is 5.38 Å². The smallest absolute Gasteiger partial charge is 0.276 e. The Kier molecular flexibility index (Phi) is 5.29. The van der Waals surface area contributed by atoms with Gasteiger partial charge < -0.3 is 4.90 Å². The molecule has 2 fully saturated rings. The predicted molar refractivity (Wildman–Crippen MR) is 121 cm³/mol. The van der Waals surface area contributed by atoms with Crippen LogP contribution in [0, 0.1) is 30.6 Å². The lowest BCUT2D eigenvalue weighted by molar-refractivity contribution is -0.134. The summed E-state index contributed by atoms with van der Waals surface area (Å²) in [7, 11) is 0. The summed E-state index contributed by atoms with van der Waals surface area (Å²) in [5.74, 6) is 0.522. The topological polar surface area (TPSA) is 75.2 Å². The van der Waals surface area contributed by atoms with Crippen LogP contribution in [-0.4, -0.2) is 39.8 Å². The van der Waals surface area contributed by atoms with Crippen molar-refractivity contribution < 1.29 is 9.59 Å². The molecule has 2 aliphatic rings. The van der Waals surface area contributed by atoms with Crippen molar-refractivity contribution in [2.75, 3.05) is 18.4 Å². The predicted octanol–water partition coefficient (Wildman–Crippen LogP) is 4.86. The molecule has 0 unspecified atom stereocenters. The Labute approximate surface area is 186 Å². The van der Waals surface area contributed by atoms with Gasteiger partial charge in [-0.2, -0.15) is 0 Å². The zero-order chi connectivity index (χ0) is 21.8. The van der Waals surface area contributed by atoms with Crippen LogP contribution in [0.3, 0.4) is 0 Å². The molecule has 4 rings (SSSR count). The molecule has 0 bridgehead atoms. The Hall–Kier alpha value is -1.80. The maximum absolute atomic E-state index is 13.0. The van der Waals surface area contributed by atoms with Gasteiger partial charge in [0.15, 0.2) is 5.13 Å². The van der Waals surface area contributed by atoms with Gasteiger partial charge in [-0.3, -0.25) is 14.9 Å². The fraction of sp³-hybridized carbons (Fsp3) is 0.636. The molecule has 0 spiro atoms. The molecule has 2 aromatic heterocycles. The van der Waals surface area contributed by atoms with Crippen LogP contribution < -0.4 is 5.32 Å². The van der Waals surface area contributed by atoms with E-state index in [1.165, 1.54) is 22.7 Å². The van der Waals surface area contributed by atoms with Crippen molar-refractivity contribution >= 4 is 39.6 Å². The number of carbonyl (C=O) groups is 2. The molecule has 2 aromatic rings. The van der Waals surface area contributed by atoms with Gasteiger partial charge in [-0.1, -0.05) is 27.7 Å². The van der Waals surface area contributed by atoms with Gasteiger partial charge in [0.05, 0.1) is 10.7 Å². The standard InChI is InChI=1S/C22H30N4O2S2/c1-12-13(2)30-20(23-12)25-17(27)15-11-29-18(24-15)14-7-9-26(10-8-14)19(28)16-21(3,4)22(16,5)6/h11,14,16H,7-10H2,1-6H3,(H,23,25,27). The van der Waals surface area contributed by atoms with Crippen LogP contribution in [0.4, 0.5) is 5.13 Å². The summed E-state index contributed by atoms with van der Waals surface area (Å²) in [5, 5.41) is 6.28. The van der Waals surface area contributed by atoms with E-state index in [1.807, 2.05) is 24.1 Å². The third-order valence-corrected chi connectivity index (χ3v) is 9.42. The van der Waals surface area contributed by atoms with Gasteiger partial charge in [0.1, 0.15) is 5.69 Å². The second-order valence-electron chi connectivity index (χ2n) is 9.66. The molecule has 1 aliphatic carbocycles. The molecule has 1 N–H and O–H groups in total. The lowest BCUT2D eigenvalue weighted by Crippen LogP contribution is -2.39. The Bertz CT molecular complexity index is 950. The van der Waals surface area contributed by atoms with Crippen LogP contribution in [0.2, 0.25) is 0 Å². The van der Waals surface area contributed by atoms with Gasteiger partial charge in [-0.15, -0.1) is 22.7 Å². The van der Waals surface area contributed by atoms with Gasteiger partial charge in [-0.25, -0.2) is 9.97 Å². The molecule has 0 radical (unpaired) electrons. The van der Waals surface area contributed by atoms with Crippen LogP contribution in [0.1, 0.15) is 72.5 Å². The number of anilines is 1. The van der Waals surface area contributed by atoms with Crippen LogP contribution in [-0.2, 0) is 4.79 Å². The van der Waals surface area contributed by atoms with E-state index in [4.69, 9.17) is 0 Å². The summed E-state index contributed by atoms with van der Waals surface area (Å²) in [6.45, 7) is 14.2. The summed E-state index contributed by atoms with van der Waals surface area (Å²) in [6.07, 6.45) is 1.80. The average Bonchev–Trinajstić information content (AvgIpc) is 3.10. The van der Waals surface area contributed by atoms with Crippen molar-refractivity contribution in [3.63, 3.8) is 0 Å². The molecule has 1 saturated heterocycles. The Balaban J connectivity index is 1.34. The number of hydrogen-bond acceptors (Lipinski definition) is 6. The van der Waals surface area contributed by atoms with Gasteiger partial charge in [0.25, 0.3) is 5.91 Å². The number of aryl methyl sites for hydroxylation is 2. The molecule has 0 atom stereocenters. The number of amides is 2. The molecular formula is C22H30N4O2S2. The van der Waals surface area contributed by atoms with E-state index >= 15 is 0 Å². The average molecular weight is 447 g/mol. The van der Waals surface area contributed by atoms with E-state index in [9.17, 15) is 9.59 Å². The molecular weight excluding hydrogens is 416 g/mol. The number of thiazole rings is 2. The maximum atomic E-state index is 13.0. The Morgan fingerprint density at radius 3 is 2.27 bits per heavy atom.